The summed E-state index contributed by atoms with van der Waals surface area (Å²) < 4.78 is 38.4. The summed E-state index contributed by atoms with van der Waals surface area (Å²) in [6.45, 7) is 0.810. The van der Waals surface area contributed by atoms with Crippen molar-refractivity contribution in [3.63, 3.8) is 0 Å². The number of halogens is 1. The molecule has 0 aliphatic carbocycles. The third kappa shape index (κ3) is 3.59. The minimum Gasteiger partial charge on any atom is -0.493 e. The molecule has 0 spiro atoms. The number of benzene rings is 3. The Morgan fingerprint density at radius 2 is 1.50 bits per heavy atom. The zero-order valence-corrected chi connectivity index (χ0v) is 19.8. The largest absolute Gasteiger partial charge is 0.493 e. The topological polar surface area (TPSA) is 40.8 Å². The molecule has 2 heterocycles. The molecule has 174 valence electrons. The van der Waals surface area contributed by atoms with Crippen molar-refractivity contribution >= 4 is 10.8 Å². The first kappa shape index (κ1) is 22.0. The average Bonchev–Trinajstić information content (AvgIpc) is 2.87. The zero-order valence-electron chi connectivity index (χ0n) is 19.8. The fraction of sp³-hybridized carbons (Fsp3) is 0.250. The van der Waals surface area contributed by atoms with Crippen LogP contribution in [0.3, 0.4) is 0 Å². The van der Waals surface area contributed by atoms with Crippen LogP contribution in [0.25, 0.3) is 22.0 Å². The molecule has 0 N–H and O–H groups in total. The van der Waals surface area contributed by atoms with Gasteiger partial charge in [0.1, 0.15) is 5.82 Å². The first-order valence-corrected chi connectivity index (χ1v) is 11.2. The number of ether oxygens (including phenoxy) is 4. The van der Waals surface area contributed by atoms with Crippen LogP contribution < -0.4 is 23.5 Å². The van der Waals surface area contributed by atoms with Crippen molar-refractivity contribution < 1.29 is 27.9 Å². The monoisotopic (exact) mass is 460 g/mol. The second kappa shape index (κ2) is 8.86. The van der Waals surface area contributed by atoms with Crippen molar-refractivity contribution in [2.45, 2.75) is 19.4 Å². The van der Waals surface area contributed by atoms with Gasteiger partial charge >= 0.3 is 0 Å². The van der Waals surface area contributed by atoms with Gasteiger partial charge in [-0.05, 0) is 47.5 Å². The van der Waals surface area contributed by atoms with Crippen LogP contribution in [0, 0.1) is 5.82 Å². The molecule has 0 saturated carbocycles. The molecule has 0 amide bonds. The molecule has 1 aliphatic heterocycles. The first-order valence-electron chi connectivity index (χ1n) is 11.2. The molecule has 5 rings (SSSR count). The summed E-state index contributed by atoms with van der Waals surface area (Å²) in [7, 11) is 6.61. The summed E-state index contributed by atoms with van der Waals surface area (Å²) in [5.41, 5.74) is 5.60. The fourth-order valence-corrected chi connectivity index (χ4v) is 4.93. The number of hydrogen-bond donors (Lipinski definition) is 0. The Bertz CT molecular complexity index is 1380. The number of hydrogen-bond acceptors (Lipinski definition) is 4. The van der Waals surface area contributed by atoms with Crippen LogP contribution >= 0.6 is 0 Å². The smallest absolute Gasteiger partial charge is 0.217 e. The Morgan fingerprint density at radius 3 is 2.18 bits per heavy atom. The predicted octanol–water partition coefficient (Wildman–Crippen LogP) is 5.11. The van der Waals surface area contributed by atoms with Crippen LogP contribution in [-0.2, 0) is 19.4 Å². The van der Waals surface area contributed by atoms with E-state index in [1.54, 1.807) is 28.4 Å². The van der Waals surface area contributed by atoms with Crippen LogP contribution in [0.15, 0.2) is 54.7 Å². The van der Waals surface area contributed by atoms with Gasteiger partial charge in [-0.25, -0.2) is 4.39 Å². The maximum absolute atomic E-state index is 13.6. The normalized spacial score (nSPS) is 12.1. The minimum atomic E-state index is -0.244. The molecule has 0 saturated heterocycles. The van der Waals surface area contributed by atoms with E-state index in [9.17, 15) is 4.39 Å². The molecule has 0 bridgehead atoms. The van der Waals surface area contributed by atoms with Gasteiger partial charge in [0.05, 0.1) is 39.4 Å². The van der Waals surface area contributed by atoms with E-state index in [1.165, 1.54) is 17.7 Å². The van der Waals surface area contributed by atoms with Gasteiger partial charge in [0.2, 0.25) is 5.69 Å². The van der Waals surface area contributed by atoms with Crippen LogP contribution in [0.5, 0.6) is 23.0 Å². The molecule has 3 aromatic carbocycles. The highest BCUT2D eigenvalue weighted by atomic mass is 19.1. The minimum absolute atomic E-state index is 0.244. The Morgan fingerprint density at radius 1 is 0.794 bits per heavy atom. The van der Waals surface area contributed by atoms with E-state index in [-0.39, 0.29) is 5.82 Å². The lowest BCUT2D eigenvalue weighted by Crippen LogP contribution is -2.41. The maximum Gasteiger partial charge on any atom is 0.217 e. The zero-order chi connectivity index (χ0) is 23.8. The molecule has 6 heteroatoms. The van der Waals surface area contributed by atoms with E-state index < -0.39 is 0 Å². The van der Waals surface area contributed by atoms with Crippen LogP contribution in [0.1, 0.15) is 16.7 Å². The Balaban J connectivity index is 1.83. The summed E-state index contributed by atoms with van der Waals surface area (Å²) in [6, 6.07) is 14.8. The Kier molecular flexibility index (Phi) is 5.74. The van der Waals surface area contributed by atoms with Crippen molar-refractivity contribution in [3.8, 4) is 34.3 Å². The number of nitrogens with zero attached hydrogens (tertiary/aromatic N) is 1. The van der Waals surface area contributed by atoms with Gasteiger partial charge in [-0.2, -0.15) is 4.57 Å². The lowest BCUT2D eigenvalue weighted by atomic mass is 9.88. The van der Waals surface area contributed by atoms with Gasteiger partial charge in [0.15, 0.2) is 35.7 Å². The molecule has 0 fully saturated rings. The summed E-state index contributed by atoms with van der Waals surface area (Å²) in [5, 5.41) is 2.04. The van der Waals surface area contributed by atoms with Crippen molar-refractivity contribution in [2.75, 3.05) is 28.4 Å². The number of fused-ring (bicyclic) bond motifs is 4. The second-order valence-corrected chi connectivity index (χ2v) is 8.33. The predicted molar refractivity (Wildman–Crippen MR) is 129 cm³/mol. The van der Waals surface area contributed by atoms with Gasteiger partial charge < -0.3 is 18.9 Å². The van der Waals surface area contributed by atoms with Crippen LogP contribution in [0.2, 0.25) is 0 Å². The second-order valence-electron chi connectivity index (χ2n) is 8.33. The molecule has 0 unspecified atom stereocenters. The molecule has 0 radical (unpaired) electrons. The van der Waals surface area contributed by atoms with Gasteiger partial charge in [0, 0.05) is 23.8 Å². The van der Waals surface area contributed by atoms with E-state index in [2.05, 4.69) is 29.0 Å². The molecule has 34 heavy (non-hydrogen) atoms. The Labute approximate surface area is 198 Å². The number of methoxy groups -OCH3 is 4. The summed E-state index contributed by atoms with van der Waals surface area (Å²) in [5.74, 6) is 2.56. The van der Waals surface area contributed by atoms with E-state index in [4.69, 9.17) is 18.9 Å². The van der Waals surface area contributed by atoms with Crippen LogP contribution in [-0.4, -0.2) is 28.4 Å². The SMILES string of the molecule is COc1cc2c(cc1OC)-c1c(Cc3ccc(F)cc3)c3ccc(OC)c(OC)c3c[n+]1CC2. The maximum atomic E-state index is 13.6. The first-order chi connectivity index (χ1) is 16.6. The number of rotatable bonds is 6. The molecular weight excluding hydrogens is 433 g/mol. The molecule has 5 nitrogen and oxygen atoms in total. The highest BCUT2D eigenvalue weighted by molar-refractivity contribution is 5.95. The van der Waals surface area contributed by atoms with E-state index >= 15 is 0 Å². The lowest BCUT2D eigenvalue weighted by molar-refractivity contribution is -0.686. The van der Waals surface area contributed by atoms with Crippen LogP contribution in [0.4, 0.5) is 4.39 Å². The number of aromatic nitrogens is 1. The fourth-order valence-electron chi connectivity index (χ4n) is 4.93. The molecule has 4 aromatic rings. The summed E-state index contributed by atoms with van der Waals surface area (Å²) >= 11 is 0. The molecule has 1 aromatic heterocycles. The van der Waals surface area contributed by atoms with Gasteiger partial charge in [0.25, 0.3) is 0 Å². The third-order valence-corrected chi connectivity index (χ3v) is 6.55. The Hall–Kier alpha value is -3.80. The molecule has 1 aliphatic rings. The van der Waals surface area contributed by atoms with Crippen molar-refractivity contribution in [1.82, 2.24) is 0 Å². The lowest BCUT2D eigenvalue weighted by Gasteiger charge is -2.22. The molecular formula is C28H27FNO4+. The summed E-state index contributed by atoms with van der Waals surface area (Å²) in [4.78, 5) is 0. The average molecular weight is 461 g/mol. The third-order valence-electron chi connectivity index (χ3n) is 6.55. The standard InChI is InChI=1S/C28H27FNO4/c1-31-24-10-9-20-22(13-17-5-7-19(29)8-6-17)27-21-15-26(33-3)25(32-2)14-18(21)11-12-30(27)16-23(20)28(24)34-4/h5-10,14-16H,11-13H2,1-4H3/q+1. The van der Waals surface area contributed by atoms with Gasteiger partial charge in [-0.15, -0.1) is 0 Å². The van der Waals surface area contributed by atoms with Gasteiger partial charge in [-0.1, -0.05) is 12.1 Å². The van der Waals surface area contributed by atoms with Gasteiger partial charge in [-0.3, -0.25) is 0 Å². The number of pyridine rings is 1. The summed E-state index contributed by atoms with van der Waals surface area (Å²) in [6.07, 6.45) is 3.64. The van der Waals surface area contributed by atoms with Crippen molar-refractivity contribution in [3.05, 3.63) is 77.2 Å². The highest BCUT2D eigenvalue weighted by Crippen LogP contribution is 2.43. The van der Waals surface area contributed by atoms with E-state index in [1.807, 2.05) is 18.2 Å². The van der Waals surface area contributed by atoms with Crippen molar-refractivity contribution in [2.24, 2.45) is 0 Å². The molecule has 0 atom stereocenters. The quantitative estimate of drug-likeness (QED) is 0.375. The highest BCUT2D eigenvalue weighted by Gasteiger charge is 2.31. The van der Waals surface area contributed by atoms with E-state index in [0.29, 0.717) is 23.7 Å². The van der Waals surface area contributed by atoms with E-state index in [0.717, 1.165) is 51.9 Å². The van der Waals surface area contributed by atoms with Crippen molar-refractivity contribution in [1.29, 1.82) is 0 Å². The number of aryl methyl sites for hydroxylation is 2.